The van der Waals surface area contributed by atoms with Crippen molar-refractivity contribution in [1.29, 1.82) is 0 Å². The molecule has 7 heteroatoms. The summed E-state index contributed by atoms with van der Waals surface area (Å²) in [5, 5.41) is 15.5. The van der Waals surface area contributed by atoms with Gasteiger partial charge in [-0.15, -0.1) is 0 Å². The number of nitrogens with one attached hydrogen (secondary N) is 2. The average molecular weight is 383 g/mol. The van der Waals surface area contributed by atoms with Crippen molar-refractivity contribution in [2.75, 3.05) is 18.9 Å². The number of nitrogens with zero attached hydrogens (tertiary/aromatic N) is 1. The van der Waals surface area contributed by atoms with Crippen LogP contribution in [0, 0.1) is 0 Å². The number of carbonyl (C=O) groups is 2. The van der Waals surface area contributed by atoms with E-state index in [1.165, 1.54) is 11.8 Å². The minimum absolute atomic E-state index is 0.345. The van der Waals surface area contributed by atoms with E-state index in [9.17, 15) is 14.7 Å². The summed E-state index contributed by atoms with van der Waals surface area (Å²) in [6.45, 7) is 0.159. The molecule has 2 aromatic carbocycles. The predicted molar refractivity (Wildman–Crippen MR) is 107 cm³/mol. The molecule has 3 rings (SSSR count). The van der Waals surface area contributed by atoms with Crippen LogP contribution >= 0.6 is 11.8 Å². The lowest BCUT2D eigenvalue weighted by Crippen LogP contribution is -2.51. The molecule has 2 aromatic rings. The molecule has 1 atom stereocenters. The van der Waals surface area contributed by atoms with Crippen LogP contribution in [0.1, 0.15) is 17.0 Å². The molecule has 27 heavy (non-hydrogen) atoms. The Hall–Kier alpha value is -2.64. The predicted octanol–water partition coefficient (Wildman–Crippen LogP) is 1.51. The molecule has 1 unspecified atom stereocenters. The Bertz CT molecular complexity index is 772. The minimum Gasteiger partial charge on any atom is -0.394 e. The maximum Gasteiger partial charge on any atom is 0.250 e. The number of amides is 2. The van der Waals surface area contributed by atoms with E-state index in [0.29, 0.717) is 11.7 Å². The maximum atomic E-state index is 13.0. The van der Waals surface area contributed by atoms with Crippen LogP contribution in [0.4, 0.5) is 0 Å². The third-order valence-corrected chi connectivity index (χ3v) is 5.05. The van der Waals surface area contributed by atoms with E-state index in [1.54, 1.807) is 0 Å². The van der Waals surface area contributed by atoms with Crippen LogP contribution in [-0.2, 0) is 9.59 Å². The summed E-state index contributed by atoms with van der Waals surface area (Å²) in [6, 6.07) is 17.7. The molecule has 0 aliphatic carbocycles. The number of amidine groups is 1. The number of hydrogen-bond donors (Lipinski definition) is 3. The fraction of sp³-hybridized carbons (Fsp3) is 0.250. The molecule has 0 spiro atoms. The molecular formula is C20H21N3O3S. The van der Waals surface area contributed by atoms with Gasteiger partial charge in [-0.05, 0) is 11.1 Å². The number of aliphatic hydroxyl groups is 1. The van der Waals surface area contributed by atoms with Crippen LogP contribution in [0.3, 0.4) is 0 Å². The maximum absolute atomic E-state index is 13.0. The molecule has 1 aliphatic heterocycles. The Morgan fingerprint density at radius 1 is 1.00 bits per heavy atom. The first-order chi connectivity index (χ1) is 13.2. The fourth-order valence-electron chi connectivity index (χ4n) is 2.84. The van der Waals surface area contributed by atoms with E-state index >= 15 is 0 Å². The third kappa shape index (κ3) is 4.96. The molecule has 2 amide bonds. The standard InChI is InChI=1S/C20H21N3O3S/c24-13-16(18(25)23-20-21-11-12-27-20)22-19(26)17(14-7-3-1-4-8-14)15-9-5-2-6-10-15/h1-10,16-17,24H,11-13H2,(H,22,26)(H,21,23,25). The van der Waals surface area contributed by atoms with Crippen molar-refractivity contribution >= 4 is 28.7 Å². The Labute approximate surface area is 162 Å². The number of thioether (sulfide) groups is 1. The van der Waals surface area contributed by atoms with Crippen LogP contribution in [0.2, 0.25) is 0 Å². The van der Waals surface area contributed by atoms with Crippen molar-refractivity contribution < 1.29 is 14.7 Å². The number of carbonyl (C=O) groups excluding carboxylic acids is 2. The van der Waals surface area contributed by atoms with E-state index in [4.69, 9.17) is 0 Å². The van der Waals surface area contributed by atoms with Gasteiger partial charge in [-0.2, -0.15) is 0 Å². The smallest absolute Gasteiger partial charge is 0.250 e. The van der Waals surface area contributed by atoms with Gasteiger partial charge in [0.1, 0.15) is 6.04 Å². The van der Waals surface area contributed by atoms with E-state index < -0.39 is 24.5 Å². The van der Waals surface area contributed by atoms with Crippen LogP contribution in [-0.4, -0.2) is 47.0 Å². The Morgan fingerprint density at radius 3 is 2.07 bits per heavy atom. The molecule has 6 nitrogen and oxygen atoms in total. The Morgan fingerprint density at radius 2 is 1.59 bits per heavy atom. The van der Waals surface area contributed by atoms with Crippen LogP contribution < -0.4 is 10.6 Å². The lowest BCUT2D eigenvalue weighted by molar-refractivity contribution is -0.129. The molecular weight excluding hydrogens is 362 g/mol. The minimum atomic E-state index is -1.05. The average Bonchev–Trinajstić information content (AvgIpc) is 3.21. The number of benzene rings is 2. The molecule has 1 aliphatic rings. The number of rotatable bonds is 6. The molecule has 0 saturated heterocycles. The van der Waals surface area contributed by atoms with Gasteiger partial charge in [0.05, 0.1) is 19.1 Å². The molecule has 3 N–H and O–H groups in total. The quantitative estimate of drug-likeness (QED) is 0.705. The molecule has 140 valence electrons. The monoisotopic (exact) mass is 383 g/mol. The lowest BCUT2D eigenvalue weighted by atomic mass is 9.90. The summed E-state index contributed by atoms with van der Waals surface area (Å²) in [7, 11) is 0. The van der Waals surface area contributed by atoms with Crippen molar-refractivity contribution in [3.05, 3.63) is 71.8 Å². The summed E-state index contributed by atoms with van der Waals surface area (Å²) >= 11 is 1.44. The first-order valence-corrected chi connectivity index (χ1v) is 9.67. The topological polar surface area (TPSA) is 90.8 Å². The second-order valence-electron chi connectivity index (χ2n) is 6.02. The molecule has 0 bridgehead atoms. The van der Waals surface area contributed by atoms with Crippen molar-refractivity contribution in [3.8, 4) is 0 Å². The fourth-order valence-corrected chi connectivity index (χ4v) is 3.57. The third-order valence-electron chi connectivity index (χ3n) is 4.16. The van der Waals surface area contributed by atoms with E-state index in [0.717, 1.165) is 16.9 Å². The second-order valence-corrected chi connectivity index (χ2v) is 7.11. The second kappa shape index (κ2) is 9.34. The van der Waals surface area contributed by atoms with Crippen LogP contribution in [0.5, 0.6) is 0 Å². The van der Waals surface area contributed by atoms with Gasteiger partial charge in [-0.1, -0.05) is 72.4 Å². The van der Waals surface area contributed by atoms with Gasteiger partial charge in [0.15, 0.2) is 5.17 Å². The molecule has 0 aromatic heterocycles. The van der Waals surface area contributed by atoms with Gasteiger partial charge in [0.25, 0.3) is 5.91 Å². The van der Waals surface area contributed by atoms with E-state index in [1.807, 2.05) is 60.7 Å². The summed E-state index contributed by atoms with van der Waals surface area (Å²) in [5.41, 5.74) is 1.63. The van der Waals surface area contributed by atoms with Crippen LogP contribution in [0.15, 0.2) is 65.7 Å². The zero-order valence-corrected chi connectivity index (χ0v) is 15.5. The number of aliphatic hydroxyl groups excluding tert-OH is 1. The highest BCUT2D eigenvalue weighted by molar-refractivity contribution is 8.14. The Kier molecular flexibility index (Phi) is 6.62. The number of hydrogen-bond acceptors (Lipinski definition) is 5. The van der Waals surface area contributed by atoms with Crippen molar-refractivity contribution in [1.82, 2.24) is 10.6 Å². The first kappa shape index (κ1) is 19.1. The first-order valence-electron chi connectivity index (χ1n) is 8.68. The van der Waals surface area contributed by atoms with Gasteiger partial charge in [0.2, 0.25) is 5.91 Å². The van der Waals surface area contributed by atoms with Crippen molar-refractivity contribution in [2.24, 2.45) is 4.99 Å². The highest BCUT2D eigenvalue weighted by Gasteiger charge is 2.28. The Balaban J connectivity index is 1.78. The zero-order chi connectivity index (χ0) is 19.1. The van der Waals surface area contributed by atoms with Gasteiger partial charge in [0, 0.05) is 5.75 Å². The summed E-state index contributed by atoms with van der Waals surface area (Å²) < 4.78 is 0. The molecule has 0 radical (unpaired) electrons. The van der Waals surface area contributed by atoms with Crippen molar-refractivity contribution in [3.63, 3.8) is 0 Å². The highest BCUT2D eigenvalue weighted by Crippen LogP contribution is 2.24. The normalized spacial score (nSPS) is 14.5. The summed E-state index contributed by atoms with van der Waals surface area (Å²) in [4.78, 5) is 29.6. The highest BCUT2D eigenvalue weighted by atomic mass is 32.2. The van der Waals surface area contributed by atoms with E-state index in [-0.39, 0.29) is 5.91 Å². The summed E-state index contributed by atoms with van der Waals surface area (Å²) in [6.07, 6.45) is 0. The molecule has 0 fully saturated rings. The SMILES string of the molecule is O=C(NC1=NCCS1)C(CO)NC(=O)C(c1ccccc1)c1ccccc1. The lowest BCUT2D eigenvalue weighted by Gasteiger charge is -2.22. The van der Waals surface area contributed by atoms with E-state index in [2.05, 4.69) is 15.6 Å². The van der Waals surface area contributed by atoms with Crippen molar-refractivity contribution in [2.45, 2.75) is 12.0 Å². The molecule has 1 heterocycles. The largest absolute Gasteiger partial charge is 0.394 e. The van der Waals surface area contributed by atoms with Gasteiger partial charge >= 0.3 is 0 Å². The summed E-state index contributed by atoms with van der Waals surface area (Å²) in [5.74, 6) is -0.579. The zero-order valence-electron chi connectivity index (χ0n) is 14.7. The van der Waals surface area contributed by atoms with Gasteiger partial charge in [-0.25, -0.2) is 0 Å². The van der Waals surface area contributed by atoms with Crippen LogP contribution in [0.25, 0.3) is 0 Å². The van der Waals surface area contributed by atoms with Gasteiger partial charge in [-0.3, -0.25) is 14.6 Å². The van der Waals surface area contributed by atoms with Gasteiger partial charge < -0.3 is 15.7 Å². The number of aliphatic imine (C=N–C) groups is 1. The molecule has 0 saturated carbocycles.